The van der Waals surface area contributed by atoms with E-state index in [2.05, 4.69) is 17.6 Å². The van der Waals surface area contributed by atoms with E-state index in [0.29, 0.717) is 25.8 Å². The van der Waals surface area contributed by atoms with Crippen LogP contribution < -0.4 is 16.4 Å². The van der Waals surface area contributed by atoms with E-state index in [0.717, 1.165) is 0 Å². The van der Waals surface area contributed by atoms with Crippen molar-refractivity contribution >= 4 is 23.6 Å². The molecule has 0 spiro atoms. The average molecular weight is 685 g/mol. The van der Waals surface area contributed by atoms with Crippen LogP contribution in [0.1, 0.15) is 74.1 Å². The number of rotatable bonds is 9. The summed E-state index contributed by atoms with van der Waals surface area (Å²) in [6.07, 6.45) is -2.91. The van der Waals surface area contributed by atoms with Crippen molar-refractivity contribution in [3.8, 4) is 0 Å². The molecular formula is C34H60N4O10. The largest absolute Gasteiger partial charge is 0.458 e. The van der Waals surface area contributed by atoms with Crippen molar-refractivity contribution in [2.75, 3.05) is 40.8 Å². The second kappa shape index (κ2) is 16.7. The molecule has 0 saturated carbocycles. The number of nitrogens with two attached hydrogens (primary N) is 1. The van der Waals surface area contributed by atoms with Crippen molar-refractivity contribution in [1.29, 1.82) is 0 Å². The van der Waals surface area contributed by atoms with Gasteiger partial charge in [0.15, 0.2) is 17.7 Å². The highest BCUT2D eigenvalue weighted by Gasteiger charge is 2.55. The minimum Gasteiger partial charge on any atom is -0.458 e. The molecule has 0 aromatic carbocycles. The first-order valence-corrected chi connectivity index (χ1v) is 17.3. The van der Waals surface area contributed by atoms with E-state index in [4.69, 9.17) is 29.4 Å². The molecule has 0 bridgehead atoms. The van der Waals surface area contributed by atoms with Crippen LogP contribution in [0.4, 0.5) is 0 Å². The summed E-state index contributed by atoms with van der Waals surface area (Å²) in [6, 6.07) is -0.514. The zero-order chi connectivity index (χ0) is 36.1. The predicted molar refractivity (Wildman–Crippen MR) is 176 cm³/mol. The number of methoxy groups -OCH3 is 1. The van der Waals surface area contributed by atoms with Crippen molar-refractivity contribution in [2.45, 2.75) is 128 Å². The summed E-state index contributed by atoms with van der Waals surface area (Å²) in [5.74, 6) is -4.31. The van der Waals surface area contributed by atoms with Gasteiger partial charge in [-0.1, -0.05) is 20.8 Å². The number of fused-ring (bicyclic) bond motifs is 1. The normalized spacial score (nSPS) is 42.0. The van der Waals surface area contributed by atoms with Gasteiger partial charge in [-0.15, -0.1) is 0 Å². The lowest BCUT2D eigenvalue weighted by molar-refractivity contribution is -0.297. The summed E-state index contributed by atoms with van der Waals surface area (Å²) in [5, 5.41) is 18.0. The zero-order valence-corrected chi connectivity index (χ0v) is 30.4. The Hall–Kier alpha value is -2.20. The molecule has 3 rings (SSSR count). The highest BCUT2D eigenvalue weighted by Crippen LogP contribution is 2.41. The van der Waals surface area contributed by atoms with E-state index in [1.165, 1.54) is 6.92 Å². The number of carbonyl (C=O) groups excluding carboxylic acids is 4. The van der Waals surface area contributed by atoms with Gasteiger partial charge < -0.3 is 50.1 Å². The van der Waals surface area contributed by atoms with Crippen LogP contribution in [0.5, 0.6) is 0 Å². The van der Waals surface area contributed by atoms with Crippen LogP contribution in [-0.4, -0.2) is 128 Å². The number of ketones is 1. The average Bonchev–Trinajstić information content (AvgIpc) is 3.34. The van der Waals surface area contributed by atoms with Gasteiger partial charge in [0.25, 0.3) is 0 Å². The Morgan fingerprint density at radius 3 is 2.42 bits per heavy atom. The maximum absolute atomic E-state index is 14.2. The second-order valence-electron chi connectivity index (χ2n) is 14.8. The number of ether oxygens (including phenoxy) is 5. The van der Waals surface area contributed by atoms with Crippen LogP contribution in [0.3, 0.4) is 0 Å². The molecule has 3 fully saturated rings. The SMILES string of the molecule is CC[C@H]1OC(=O)C(C)C(=O)[C@H](C)[C@@H](OC2OC(CNCC(N)=O)CC(N(C)C)C2O)[C@](C)(OC)C[C@@H](C)CN[C@H](C)[C@H]2CC(=O)O[C@@]21C. The maximum Gasteiger partial charge on any atom is 0.316 e. The molecule has 48 heavy (non-hydrogen) atoms. The minimum absolute atomic E-state index is 0.00922. The summed E-state index contributed by atoms with van der Waals surface area (Å²) in [6.45, 7) is 13.6. The van der Waals surface area contributed by atoms with Gasteiger partial charge in [-0.3, -0.25) is 19.2 Å². The number of Topliss-reactive ketones (excluding diaryl/α,β-unsaturated/α-hetero) is 1. The van der Waals surface area contributed by atoms with Gasteiger partial charge in [-0.05, 0) is 73.5 Å². The zero-order valence-electron chi connectivity index (χ0n) is 30.4. The number of nitrogens with one attached hydrogen (secondary N) is 2. The monoisotopic (exact) mass is 684 g/mol. The lowest BCUT2D eigenvalue weighted by Crippen LogP contribution is -2.60. The standard InChI is InChI=1S/C34H60N4O10/c1-11-25-34(7)23(13-27(40)48-34)21(5)37-15-18(2)14-33(6,44-10)30(19(3)28(41)20(4)31(43)46-25)47-32-29(42)24(38(8)9)12-22(45-32)16-36-17-26(35)39/h18-25,29-30,32,36-37,42H,11-17H2,1-10H3,(H2,35,39)/t18-,19+,20?,21-,22?,23-,24?,25-,29?,30-,32?,33-,34+/m1/s1. The highest BCUT2D eigenvalue weighted by molar-refractivity contribution is 6.00. The Morgan fingerprint density at radius 1 is 1.17 bits per heavy atom. The van der Waals surface area contributed by atoms with Crippen molar-refractivity contribution in [3.05, 3.63) is 0 Å². The predicted octanol–water partition coefficient (Wildman–Crippen LogP) is 0.761. The third kappa shape index (κ3) is 9.12. The third-order valence-corrected chi connectivity index (χ3v) is 10.7. The quantitative estimate of drug-likeness (QED) is 0.197. The van der Waals surface area contributed by atoms with E-state index < -0.39 is 71.4 Å². The number of primary amides is 1. The number of carbonyl (C=O) groups is 4. The van der Waals surface area contributed by atoms with E-state index >= 15 is 0 Å². The smallest absolute Gasteiger partial charge is 0.316 e. The first kappa shape index (κ1) is 40.2. The van der Waals surface area contributed by atoms with Crippen LogP contribution in [-0.2, 0) is 42.9 Å². The van der Waals surface area contributed by atoms with Crippen molar-refractivity contribution < 1.29 is 48.0 Å². The molecule has 1 amide bonds. The molecule has 14 nitrogen and oxygen atoms in total. The number of amides is 1. The van der Waals surface area contributed by atoms with Crippen molar-refractivity contribution in [1.82, 2.24) is 15.5 Å². The second-order valence-corrected chi connectivity index (χ2v) is 14.8. The van der Waals surface area contributed by atoms with Gasteiger partial charge in [-0.25, -0.2) is 0 Å². The van der Waals surface area contributed by atoms with E-state index in [9.17, 15) is 24.3 Å². The van der Waals surface area contributed by atoms with E-state index in [1.54, 1.807) is 21.0 Å². The molecule has 5 unspecified atom stereocenters. The van der Waals surface area contributed by atoms with Crippen LogP contribution in [0.15, 0.2) is 0 Å². The molecule has 3 saturated heterocycles. The Morgan fingerprint density at radius 2 is 1.83 bits per heavy atom. The molecule has 3 aliphatic rings. The first-order chi connectivity index (χ1) is 22.4. The van der Waals surface area contributed by atoms with Crippen LogP contribution >= 0.6 is 0 Å². The Labute approximate surface area is 285 Å². The molecule has 0 radical (unpaired) electrons. The molecule has 3 heterocycles. The maximum atomic E-state index is 14.2. The molecule has 5 N–H and O–H groups in total. The van der Waals surface area contributed by atoms with Gasteiger partial charge in [0.2, 0.25) is 5.91 Å². The highest BCUT2D eigenvalue weighted by atomic mass is 16.7. The molecule has 0 aromatic rings. The number of cyclic esters (lactones) is 1. The Balaban J connectivity index is 2.00. The summed E-state index contributed by atoms with van der Waals surface area (Å²) in [7, 11) is 5.25. The van der Waals surface area contributed by atoms with Gasteiger partial charge >= 0.3 is 11.9 Å². The van der Waals surface area contributed by atoms with Crippen LogP contribution in [0, 0.1) is 23.7 Å². The number of hydrogen-bond donors (Lipinski definition) is 4. The lowest BCUT2D eigenvalue weighted by Gasteiger charge is -2.47. The van der Waals surface area contributed by atoms with Crippen molar-refractivity contribution in [2.24, 2.45) is 29.4 Å². The fraction of sp³-hybridized carbons (Fsp3) is 0.882. The minimum atomic E-state index is -1.17. The van der Waals surface area contributed by atoms with Crippen LogP contribution in [0.2, 0.25) is 0 Å². The molecule has 0 aromatic heterocycles. The first-order valence-electron chi connectivity index (χ1n) is 17.3. The van der Waals surface area contributed by atoms with Gasteiger partial charge in [0.1, 0.15) is 18.1 Å². The fourth-order valence-corrected chi connectivity index (χ4v) is 7.81. The molecule has 14 heteroatoms. The molecule has 276 valence electrons. The Bertz CT molecular complexity index is 1140. The Kier molecular flexibility index (Phi) is 14.0. The fourth-order valence-electron chi connectivity index (χ4n) is 7.81. The molecule has 3 aliphatic heterocycles. The summed E-state index contributed by atoms with van der Waals surface area (Å²) in [5.41, 5.74) is 3.17. The van der Waals surface area contributed by atoms with E-state index in [-0.39, 0.29) is 49.4 Å². The summed E-state index contributed by atoms with van der Waals surface area (Å²) < 4.78 is 30.9. The number of esters is 2. The number of nitrogens with zero attached hydrogens (tertiary/aromatic N) is 1. The van der Waals surface area contributed by atoms with Gasteiger partial charge in [0, 0.05) is 37.6 Å². The van der Waals surface area contributed by atoms with Gasteiger partial charge in [0.05, 0.1) is 30.8 Å². The molecule has 0 aliphatic carbocycles. The molecular weight excluding hydrogens is 624 g/mol. The third-order valence-electron chi connectivity index (χ3n) is 10.7. The van der Waals surface area contributed by atoms with Gasteiger partial charge in [-0.2, -0.15) is 0 Å². The van der Waals surface area contributed by atoms with Crippen molar-refractivity contribution in [3.63, 3.8) is 0 Å². The number of likely N-dealkylation sites (N-methyl/N-ethyl adjacent to an activating group) is 1. The summed E-state index contributed by atoms with van der Waals surface area (Å²) in [4.78, 5) is 53.6. The summed E-state index contributed by atoms with van der Waals surface area (Å²) >= 11 is 0. The topological polar surface area (TPSA) is 188 Å². The molecule has 13 atom stereocenters. The van der Waals surface area contributed by atoms with Crippen LogP contribution in [0.25, 0.3) is 0 Å². The lowest BCUT2D eigenvalue weighted by atomic mass is 9.78. The van der Waals surface area contributed by atoms with E-state index in [1.807, 2.05) is 39.8 Å². The number of aliphatic hydroxyl groups is 1. The number of aliphatic hydroxyl groups excluding tert-OH is 1. The number of hydrogen-bond acceptors (Lipinski definition) is 13.